The number of ether oxygens (including phenoxy) is 1. The van der Waals surface area contributed by atoms with Gasteiger partial charge < -0.3 is 4.74 Å². The number of halogens is 1. The lowest BCUT2D eigenvalue weighted by Gasteiger charge is -2.13. The molecule has 0 aromatic heterocycles. The summed E-state index contributed by atoms with van der Waals surface area (Å²) in [6.07, 6.45) is 0. The van der Waals surface area contributed by atoms with Crippen LogP contribution in [-0.4, -0.2) is 5.97 Å². The van der Waals surface area contributed by atoms with E-state index in [0.29, 0.717) is 22.3 Å². The quantitative estimate of drug-likeness (QED) is 0.587. The van der Waals surface area contributed by atoms with Crippen LogP contribution in [0.1, 0.15) is 41.3 Å². The fourth-order valence-corrected chi connectivity index (χ4v) is 2.08. The highest BCUT2D eigenvalue weighted by Crippen LogP contribution is 2.28. The predicted molar refractivity (Wildman–Crippen MR) is 81.7 cm³/mol. The Morgan fingerprint density at radius 1 is 1.10 bits per heavy atom. The van der Waals surface area contributed by atoms with Crippen molar-refractivity contribution in [2.75, 3.05) is 0 Å². The molecular weight excluding hydrogens is 272 g/mol. The van der Waals surface area contributed by atoms with Crippen LogP contribution in [0.15, 0.2) is 42.5 Å². The van der Waals surface area contributed by atoms with E-state index in [2.05, 4.69) is 13.8 Å². The second-order valence-corrected chi connectivity index (χ2v) is 5.53. The normalized spacial score (nSPS) is 10.7. The van der Waals surface area contributed by atoms with Crippen LogP contribution in [0.5, 0.6) is 5.75 Å². The van der Waals surface area contributed by atoms with E-state index in [0.717, 1.165) is 11.1 Å². The SMILES string of the molecule is Cc1ccc(C(C)C)c(OC(=O)c2ccc(Cl)cc2)c1. The van der Waals surface area contributed by atoms with Crippen LogP contribution in [0, 0.1) is 6.92 Å². The minimum Gasteiger partial charge on any atom is -0.423 e. The predicted octanol–water partition coefficient (Wildman–Crippen LogP) is 4.99. The molecule has 0 N–H and O–H groups in total. The molecule has 0 amide bonds. The topological polar surface area (TPSA) is 26.3 Å². The Kier molecular flexibility index (Phi) is 4.46. The van der Waals surface area contributed by atoms with Crippen LogP contribution in [0.25, 0.3) is 0 Å². The summed E-state index contributed by atoms with van der Waals surface area (Å²) in [5.41, 5.74) is 2.58. The average molecular weight is 289 g/mol. The summed E-state index contributed by atoms with van der Waals surface area (Å²) in [4.78, 5) is 12.1. The molecule has 0 unspecified atom stereocenters. The van der Waals surface area contributed by atoms with Gasteiger partial charge >= 0.3 is 5.97 Å². The van der Waals surface area contributed by atoms with Crippen molar-refractivity contribution in [3.8, 4) is 5.75 Å². The van der Waals surface area contributed by atoms with Crippen molar-refractivity contribution >= 4 is 17.6 Å². The molecule has 2 aromatic carbocycles. The fourth-order valence-electron chi connectivity index (χ4n) is 1.95. The van der Waals surface area contributed by atoms with Gasteiger partial charge in [-0.1, -0.05) is 37.6 Å². The second kappa shape index (κ2) is 6.10. The zero-order valence-corrected chi connectivity index (χ0v) is 12.6. The van der Waals surface area contributed by atoms with E-state index >= 15 is 0 Å². The smallest absolute Gasteiger partial charge is 0.343 e. The minimum atomic E-state index is -0.367. The van der Waals surface area contributed by atoms with Crippen LogP contribution < -0.4 is 4.74 Å². The maximum Gasteiger partial charge on any atom is 0.343 e. The number of rotatable bonds is 3. The van der Waals surface area contributed by atoms with Crippen LogP contribution >= 0.6 is 11.6 Å². The van der Waals surface area contributed by atoms with E-state index in [1.54, 1.807) is 24.3 Å². The lowest BCUT2D eigenvalue weighted by atomic mass is 10.0. The van der Waals surface area contributed by atoms with Gasteiger partial charge in [0.25, 0.3) is 0 Å². The van der Waals surface area contributed by atoms with Gasteiger partial charge in [-0.25, -0.2) is 4.79 Å². The Morgan fingerprint density at radius 3 is 2.35 bits per heavy atom. The first-order valence-electron chi connectivity index (χ1n) is 6.55. The Bertz CT molecular complexity index is 615. The molecule has 0 heterocycles. The van der Waals surface area contributed by atoms with Gasteiger partial charge in [0.15, 0.2) is 0 Å². The molecule has 2 nitrogen and oxygen atoms in total. The highest BCUT2D eigenvalue weighted by Gasteiger charge is 2.13. The Labute approximate surface area is 124 Å². The maximum atomic E-state index is 12.1. The zero-order valence-electron chi connectivity index (χ0n) is 11.8. The van der Waals surface area contributed by atoms with E-state index in [4.69, 9.17) is 16.3 Å². The number of carbonyl (C=O) groups excluding carboxylic acids is 1. The minimum absolute atomic E-state index is 0.295. The van der Waals surface area contributed by atoms with Crippen molar-refractivity contribution in [1.82, 2.24) is 0 Å². The number of esters is 1. The van der Waals surface area contributed by atoms with E-state index in [1.807, 2.05) is 25.1 Å². The molecule has 2 aromatic rings. The Balaban J connectivity index is 2.27. The molecule has 0 spiro atoms. The highest BCUT2D eigenvalue weighted by atomic mass is 35.5. The molecule has 0 radical (unpaired) electrons. The van der Waals surface area contributed by atoms with Crippen molar-refractivity contribution < 1.29 is 9.53 Å². The highest BCUT2D eigenvalue weighted by molar-refractivity contribution is 6.30. The summed E-state index contributed by atoms with van der Waals surface area (Å²) in [6, 6.07) is 12.6. The van der Waals surface area contributed by atoms with Gasteiger partial charge in [-0.3, -0.25) is 0 Å². The van der Waals surface area contributed by atoms with Gasteiger partial charge in [-0.15, -0.1) is 0 Å². The number of aryl methyl sites for hydroxylation is 1. The van der Waals surface area contributed by atoms with E-state index < -0.39 is 0 Å². The first kappa shape index (κ1) is 14.6. The molecule has 20 heavy (non-hydrogen) atoms. The summed E-state index contributed by atoms with van der Waals surface area (Å²) in [6.45, 7) is 6.12. The van der Waals surface area contributed by atoms with Crippen molar-refractivity contribution in [2.24, 2.45) is 0 Å². The molecule has 104 valence electrons. The molecule has 0 atom stereocenters. The summed E-state index contributed by atoms with van der Waals surface area (Å²) in [7, 11) is 0. The molecule has 0 aliphatic rings. The van der Waals surface area contributed by atoms with E-state index in [9.17, 15) is 4.79 Å². The van der Waals surface area contributed by atoms with E-state index in [1.165, 1.54) is 0 Å². The third-order valence-electron chi connectivity index (χ3n) is 3.07. The number of hydrogen-bond acceptors (Lipinski definition) is 2. The molecule has 0 aliphatic carbocycles. The Hall–Kier alpha value is -1.80. The van der Waals surface area contributed by atoms with Crippen molar-refractivity contribution in [3.05, 3.63) is 64.2 Å². The van der Waals surface area contributed by atoms with E-state index in [-0.39, 0.29) is 5.97 Å². The second-order valence-electron chi connectivity index (χ2n) is 5.09. The van der Waals surface area contributed by atoms with Gasteiger partial charge in [0.2, 0.25) is 0 Å². The maximum absolute atomic E-state index is 12.1. The summed E-state index contributed by atoms with van der Waals surface area (Å²) < 4.78 is 5.53. The van der Waals surface area contributed by atoms with Crippen LogP contribution in [0.2, 0.25) is 5.02 Å². The number of carbonyl (C=O) groups is 1. The summed E-state index contributed by atoms with van der Waals surface area (Å²) in [5.74, 6) is 0.553. The van der Waals surface area contributed by atoms with Gasteiger partial charge in [-0.2, -0.15) is 0 Å². The lowest BCUT2D eigenvalue weighted by Crippen LogP contribution is -2.10. The van der Waals surface area contributed by atoms with Gasteiger partial charge in [-0.05, 0) is 54.3 Å². The fraction of sp³-hybridized carbons (Fsp3) is 0.235. The molecule has 0 saturated carbocycles. The summed E-state index contributed by atoms with van der Waals surface area (Å²) in [5, 5.41) is 0.597. The van der Waals surface area contributed by atoms with Crippen LogP contribution in [0.4, 0.5) is 0 Å². The van der Waals surface area contributed by atoms with Crippen molar-refractivity contribution in [1.29, 1.82) is 0 Å². The van der Waals surface area contributed by atoms with Gasteiger partial charge in [0, 0.05) is 5.02 Å². The van der Waals surface area contributed by atoms with Gasteiger partial charge in [0.05, 0.1) is 5.56 Å². The monoisotopic (exact) mass is 288 g/mol. The lowest BCUT2D eigenvalue weighted by molar-refractivity contribution is 0.0733. The third-order valence-corrected chi connectivity index (χ3v) is 3.33. The van der Waals surface area contributed by atoms with Crippen LogP contribution in [0.3, 0.4) is 0 Å². The first-order valence-corrected chi connectivity index (χ1v) is 6.93. The zero-order chi connectivity index (χ0) is 14.7. The standard InChI is InChI=1S/C17H17ClO2/c1-11(2)15-9-4-12(3)10-16(15)20-17(19)13-5-7-14(18)8-6-13/h4-11H,1-3H3. The molecule has 0 fully saturated rings. The molecule has 0 aliphatic heterocycles. The molecule has 0 saturated heterocycles. The van der Waals surface area contributed by atoms with Crippen molar-refractivity contribution in [2.45, 2.75) is 26.7 Å². The molecule has 3 heteroatoms. The average Bonchev–Trinajstić information content (AvgIpc) is 2.39. The molecular formula is C17H17ClO2. The summed E-state index contributed by atoms with van der Waals surface area (Å²) >= 11 is 5.81. The molecule has 2 rings (SSSR count). The largest absolute Gasteiger partial charge is 0.423 e. The molecule has 0 bridgehead atoms. The number of hydrogen-bond donors (Lipinski definition) is 0. The van der Waals surface area contributed by atoms with Crippen molar-refractivity contribution in [3.63, 3.8) is 0 Å². The third kappa shape index (κ3) is 3.40. The van der Waals surface area contributed by atoms with Crippen LogP contribution in [-0.2, 0) is 0 Å². The Morgan fingerprint density at radius 2 is 1.75 bits per heavy atom. The number of benzene rings is 2. The van der Waals surface area contributed by atoms with Gasteiger partial charge in [0.1, 0.15) is 5.75 Å². The first-order chi connectivity index (χ1) is 9.47.